The summed E-state index contributed by atoms with van der Waals surface area (Å²) in [6, 6.07) is 0. The van der Waals surface area contributed by atoms with Crippen LogP contribution in [0, 0.1) is 0 Å². The predicted molar refractivity (Wildman–Crippen MR) is 63.7 cm³/mol. The number of methoxy groups -OCH3 is 1. The van der Waals surface area contributed by atoms with Crippen molar-refractivity contribution in [2.75, 3.05) is 25.1 Å². The fourth-order valence-corrected chi connectivity index (χ4v) is 2.13. The number of aliphatic hydroxyl groups excluding tert-OH is 1. The summed E-state index contributed by atoms with van der Waals surface area (Å²) in [7, 11) is 1.57. The second kappa shape index (κ2) is 4.97. The van der Waals surface area contributed by atoms with E-state index in [1.54, 1.807) is 13.3 Å². The van der Waals surface area contributed by atoms with Gasteiger partial charge in [-0.2, -0.15) is 4.98 Å². The van der Waals surface area contributed by atoms with E-state index in [9.17, 15) is 5.11 Å². The van der Waals surface area contributed by atoms with Gasteiger partial charge in [0.05, 0.1) is 23.9 Å². The molecule has 0 saturated carbocycles. The van der Waals surface area contributed by atoms with Gasteiger partial charge in [0.2, 0.25) is 11.8 Å². The van der Waals surface area contributed by atoms with Crippen LogP contribution in [-0.2, 0) is 0 Å². The van der Waals surface area contributed by atoms with E-state index in [0.717, 1.165) is 23.9 Å². The average Bonchev–Trinajstić information content (AvgIpc) is 2.29. The number of aromatic nitrogens is 2. The van der Waals surface area contributed by atoms with E-state index in [0.29, 0.717) is 18.4 Å². The van der Waals surface area contributed by atoms with Gasteiger partial charge in [-0.1, -0.05) is 0 Å². The maximum atomic E-state index is 9.58. The predicted octanol–water partition coefficient (Wildman–Crippen LogP) is 1.21. The number of β-amino-alcohol motifs (C(OH)–C–C–N with tert-alkyl or cyclic N) is 1. The summed E-state index contributed by atoms with van der Waals surface area (Å²) in [4.78, 5) is 10.5. The van der Waals surface area contributed by atoms with Gasteiger partial charge in [-0.25, -0.2) is 4.98 Å². The molecule has 1 saturated heterocycles. The molecule has 2 heterocycles. The monoisotopic (exact) mass is 287 g/mol. The molecule has 1 aliphatic rings. The summed E-state index contributed by atoms with van der Waals surface area (Å²) in [5.74, 6) is 1.13. The van der Waals surface area contributed by atoms with Crippen molar-refractivity contribution >= 4 is 21.9 Å². The number of rotatable bonds is 2. The van der Waals surface area contributed by atoms with Crippen molar-refractivity contribution in [3.05, 3.63) is 10.7 Å². The van der Waals surface area contributed by atoms with E-state index in [4.69, 9.17) is 4.74 Å². The van der Waals surface area contributed by atoms with Crippen molar-refractivity contribution in [2.45, 2.75) is 18.9 Å². The first-order valence-corrected chi connectivity index (χ1v) is 5.99. The zero-order valence-corrected chi connectivity index (χ0v) is 10.6. The molecule has 2 rings (SSSR count). The van der Waals surface area contributed by atoms with E-state index in [1.165, 1.54) is 0 Å². The van der Waals surface area contributed by atoms with Crippen LogP contribution in [0.15, 0.2) is 10.7 Å². The fraction of sp³-hybridized carbons (Fsp3) is 0.600. The number of nitrogens with zero attached hydrogens (tertiary/aromatic N) is 3. The number of halogens is 1. The van der Waals surface area contributed by atoms with Gasteiger partial charge in [-0.05, 0) is 28.8 Å². The number of piperidine rings is 1. The highest BCUT2D eigenvalue weighted by molar-refractivity contribution is 9.10. The Morgan fingerprint density at radius 2 is 2.44 bits per heavy atom. The first-order valence-electron chi connectivity index (χ1n) is 5.20. The minimum atomic E-state index is -0.285. The molecule has 0 spiro atoms. The Bertz CT molecular complexity index is 375. The van der Waals surface area contributed by atoms with Crippen molar-refractivity contribution in [2.24, 2.45) is 0 Å². The van der Waals surface area contributed by atoms with Gasteiger partial charge >= 0.3 is 0 Å². The number of anilines is 1. The third-order valence-electron chi connectivity index (χ3n) is 2.57. The highest BCUT2D eigenvalue weighted by atomic mass is 79.9. The molecule has 0 bridgehead atoms. The van der Waals surface area contributed by atoms with Crippen LogP contribution in [0.2, 0.25) is 0 Å². The van der Waals surface area contributed by atoms with Gasteiger partial charge in [-0.3, -0.25) is 0 Å². The quantitative estimate of drug-likeness (QED) is 0.886. The molecule has 5 nitrogen and oxygen atoms in total. The van der Waals surface area contributed by atoms with Crippen LogP contribution in [0.5, 0.6) is 5.88 Å². The summed E-state index contributed by atoms with van der Waals surface area (Å²) in [6.45, 7) is 1.46. The van der Waals surface area contributed by atoms with Crippen molar-refractivity contribution in [1.82, 2.24) is 9.97 Å². The smallest absolute Gasteiger partial charge is 0.232 e. The lowest BCUT2D eigenvalue weighted by Gasteiger charge is -2.30. The second-order valence-electron chi connectivity index (χ2n) is 3.77. The number of hydrogen-bond donors (Lipinski definition) is 1. The minimum Gasteiger partial charge on any atom is -0.480 e. The minimum absolute atomic E-state index is 0.285. The Hall–Kier alpha value is -0.880. The van der Waals surface area contributed by atoms with Crippen LogP contribution in [0.25, 0.3) is 0 Å². The lowest BCUT2D eigenvalue weighted by atomic mass is 10.1. The van der Waals surface area contributed by atoms with E-state index < -0.39 is 0 Å². The van der Waals surface area contributed by atoms with E-state index in [2.05, 4.69) is 25.9 Å². The van der Waals surface area contributed by atoms with Gasteiger partial charge < -0.3 is 14.7 Å². The third kappa shape index (κ3) is 2.44. The molecule has 0 radical (unpaired) electrons. The van der Waals surface area contributed by atoms with Crippen molar-refractivity contribution < 1.29 is 9.84 Å². The Labute approximate surface area is 103 Å². The van der Waals surface area contributed by atoms with Crippen molar-refractivity contribution in [3.63, 3.8) is 0 Å². The lowest BCUT2D eigenvalue weighted by molar-refractivity contribution is 0.153. The molecular formula is C10H14BrN3O2. The summed E-state index contributed by atoms with van der Waals surface area (Å²) in [5, 5.41) is 9.58. The molecular weight excluding hydrogens is 274 g/mol. The molecule has 0 aliphatic carbocycles. The van der Waals surface area contributed by atoms with Crippen molar-refractivity contribution in [1.29, 1.82) is 0 Å². The molecule has 1 fully saturated rings. The summed E-state index contributed by atoms with van der Waals surface area (Å²) >= 11 is 3.31. The molecule has 1 N–H and O–H groups in total. The Balaban J connectivity index is 2.19. The summed E-state index contributed by atoms with van der Waals surface area (Å²) < 4.78 is 5.85. The first-order chi connectivity index (χ1) is 7.70. The summed E-state index contributed by atoms with van der Waals surface area (Å²) in [6.07, 6.45) is 3.20. The molecule has 0 amide bonds. The average molecular weight is 288 g/mol. The number of hydrogen-bond acceptors (Lipinski definition) is 5. The first kappa shape index (κ1) is 11.6. The van der Waals surface area contributed by atoms with Crippen LogP contribution in [0.1, 0.15) is 12.8 Å². The Morgan fingerprint density at radius 3 is 3.12 bits per heavy atom. The highest BCUT2D eigenvalue weighted by Crippen LogP contribution is 2.24. The number of aliphatic hydroxyl groups is 1. The highest BCUT2D eigenvalue weighted by Gasteiger charge is 2.20. The van der Waals surface area contributed by atoms with Crippen molar-refractivity contribution in [3.8, 4) is 5.88 Å². The van der Waals surface area contributed by atoms with E-state index in [-0.39, 0.29) is 6.10 Å². The van der Waals surface area contributed by atoms with E-state index in [1.807, 2.05) is 4.90 Å². The maximum Gasteiger partial charge on any atom is 0.232 e. The molecule has 16 heavy (non-hydrogen) atoms. The van der Waals surface area contributed by atoms with Gasteiger partial charge in [0, 0.05) is 13.1 Å². The molecule has 88 valence electrons. The molecule has 0 unspecified atom stereocenters. The second-order valence-corrected chi connectivity index (χ2v) is 4.62. The number of ether oxygens (including phenoxy) is 1. The molecule has 1 atom stereocenters. The zero-order chi connectivity index (χ0) is 11.5. The summed E-state index contributed by atoms with van der Waals surface area (Å²) in [5.41, 5.74) is 0. The third-order valence-corrected chi connectivity index (χ3v) is 3.12. The van der Waals surface area contributed by atoms with Crippen LogP contribution >= 0.6 is 15.9 Å². The van der Waals surface area contributed by atoms with Crippen LogP contribution in [0.4, 0.5) is 5.95 Å². The Morgan fingerprint density at radius 1 is 1.62 bits per heavy atom. The molecule has 1 aromatic heterocycles. The normalized spacial score (nSPS) is 20.9. The molecule has 1 aliphatic heterocycles. The zero-order valence-electron chi connectivity index (χ0n) is 9.06. The molecule has 1 aromatic rings. The van der Waals surface area contributed by atoms with Gasteiger partial charge in [0.15, 0.2) is 0 Å². The molecule has 6 heteroatoms. The maximum absolute atomic E-state index is 9.58. The standard InChI is InChI=1S/C10H14BrN3O2/c1-16-9-8(11)5-12-10(13-9)14-4-2-3-7(15)6-14/h5,7,15H,2-4,6H2,1H3/t7-/m0/s1. The SMILES string of the molecule is COc1nc(N2CCC[C@H](O)C2)ncc1Br. The molecule has 0 aromatic carbocycles. The van der Waals surface area contributed by atoms with Crippen LogP contribution in [0.3, 0.4) is 0 Å². The van der Waals surface area contributed by atoms with Gasteiger partial charge in [-0.15, -0.1) is 0 Å². The lowest BCUT2D eigenvalue weighted by Crippen LogP contribution is -2.39. The van der Waals surface area contributed by atoms with Crippen LogP contribution in [-0.4, -0.2) is 41.4 Å². The Kier molecular flexibility index (Phi) is 3.60. The van der Waals surface area contributed by atoms with Gasteiger partial charge in [0.25, 0.3) is 0 Å². The van der Waals surface area contributed by atoms with Crippen LogP contribution < -0.4 is 9.64 Å². The van der Waals surface area contributed by atoms with E-state index >= 15 is 0 Å². The van der Waals surface area contributed by atoms with Gasteiger partial charge in [0.1, 0.15) is 0 Å². The fourth-order valence-electron chi connectivity index (χ4n) is 1.77. The topological polar surface area (TPSA) is 58.5 Å². The largest absolute Gasteiger partial charge is 0.480 e.